The first-order chi connectivity index (χ1) is 11.2. The van der Waals surface area contributed by atoms with Crippen LogP contribution in [-0.4, -0.2) is 12.6 Å². The Morgan fingerprint density at radius 3 is 2.43 bits per heavy atom. The van der Waals surface area contributed by atoms with E-state index in [0.29, 0.717) is 6.61 Å². The van der Waals surface area contributed by atoms with E-state index in [1.165, 1.54) is 25.7 Å². The summed E-state index contributed by atoms with van der Waals surface area (Å²) in [6.45, 7) is 4.86. The fraction of sp³-hybridized carbons (Fsp3) is 0.650. The average molecular weight is 318 g/mol. The van der Waals surface area contributed by atoms with Crippen molar-refractivity contribution in [2.24, 2.45) is 5.92 Å². The molecule has 1 aliphatic heterocycles. The summed E-state index contributed by atoms with van der Waals surface area (Å²) in [7, 11) is 0. The maximum atomic E-state index is 12.2. The van der Waals surface area contributed by atoms with E-state index in [0.717, 1.165) is 37.0 Å². The maximum absolute atomic E-state index is 12.2. The largest absolute Gasteiger partial charge is 0.494 e. The number of unbranched alkanes of at least 4 members (excludes halogenated alkanes) is 4. The van der Waals surface area contributed by atoms with Crippen LogP contribution in [0.5, 0.6) is 5.75 Å². The molecule has 3 nitrogen and oxygen atoms in total. The first kappa shape index (κ1) is 17.8. The van der Waals surface area contributed by atoms with Crippen LogP contribution in [-0.2, 0) is 9.53 Å². The van der Waals surface area contributed by atoms with Crippen LogP contribution in [0.1, 0.15) is 76.9 Å². The molecule has 1 aliphatic rings. The molecule has 0 aromatic heterocycles. The number of cyclic esters (lactones) is 1. The van der Waals surface area contributed by atoms with Crippen LogP contribution >= 0.6 is 0 Å². The van der Waals surface area contributed by atoms with Crippen LogP contribution in [0.25, 0.3) is 0 Å². The van der Waals surface area contributed by atoms with E-state index in [4.69, 9.17) is 9.47 Å². The van der Waals surface area contributed by atoms with Crippen LogP contribution in [0.15, 0.2) is 24.3 Å². The monoisotopic (exact) mass is 318 g/mol. The Morgan fingerprint density at radius 1 is 1.04 bits per heavy atom. The van der Waals surface area contributed by atoms with E-state index in [1.807, 2.05) is 31.2 Å². The number of ether oxygens (including phenoxy) is 2. The lowest BCUT2D eigenvalue weighted by molar-refractivity contribution is -0.161. The molecule has 1 aromatic carbocycles. The second kappa shape index (κ2) is 9.59. The van der Waals surface area contributed by atoms with Gasteiger partial charge in [-0.1, -0.05) is 51.2 Å². The summed E-state index contributed by atoms with van der Waals surface area (Å²) in [6.07, 6.45) is 9.00. The minimum absolute atomic E-state index is 0.00868. The number of carbonyl (C=O) groups is 1. The third kappa shape index (κ3) is 5.56. The predicted molar refractivity (Wildman–Crippen MR) is 92.5 cm³/mol. The molecule has 0 N–H and O–H groups in total. The Balaban J connectivity index is 1.77. The molecule has 3 heteroatoms. The molecule has 2 unspecified atom stereocenters. The molecule has 1 aromatic rings. The van der Waals surface area contributed by atoms with E-state index in [-0.39, 0.29) is 18.0 Å². The van der Waals surface area contributed by atoms with Crippen molar-refractivity contribution < 1.29 is 14.3 Å². The van der Waals surface area contributed by atoms with Gasteiger partial charge < -0.3 is 9.47 Å². The predicted octanol–water partition coefficient (Wildman–Crippen LogP) is 5.44. The highest BCUT2D eigenvalue weighted by molar-refractivity contribution is 5.73. The van der Waals surface area contributed by atoms with Crippen molar-refractivity contribution in [3.8, 4) is 5.75 Å². The minimum atomic E-state index is -0.0884. The SMILES string of the molecule is CCCCCCCC1CCC(c2ccc(OCC)cc2)OC1=O. The number of rotatable bonds is 9. The van der Waals surface area contributed by atoms with Gasteiger partial charge in [0.05, 0.1) is 12.5 Å². The summed E-state index contributed by atoms with van der Waals surface area (Å²) in [5.41, 5.74) is 1.07. The van der Waals surface area contributed by atoms with Gasteiger partial charge in [0, 0.05) is 0 Å². The second-order valence-corrected chi connectivity index (χ2v) is 6.40. The molecule has 128 valence electrons. The van der Waals surface area contributed by atoms with Crippen LogP contribution in [0.4, 0.5) is 0 Å². The van der Waals surface area contributed by atoms with Gasteiger partial charge in [0.1, 0.15) is 11.9 Å². The molecule has 1 saturated heterocycles. The van der Waals surface area contributed by atoms with Crippen molar-refractivity contribution in [2.45, 2.75) is 71.3 Å². The van der Waals surface area contributed by atoms with Crippen LogP contribution < -0.4 is 4.74 Å². The highest BCUT2D eigenvalue weighted by Crippen LogP contribution is 2.34. The summed E-state index contributed by atoms with van der Waals surface area (Å²) < 4.78 is 11.1. The lowest BCUT2D eigenvalue weighted by Gasteiger charge is -2.28. The first-order valence-corrected chi connectivity index (χ1v) is 9.17. The quantitative estimate of drug-likeness (QED) is 0.449. The Morgan fingerprint density at radius 2 is 1.78 bits per heavy atom. The van der Waals surface area contributed by atoms with Crippen molar-refractivity contribution >= 4 is 5.97 Å². The van der Waals surface area contributed by atoms with Crippen LogP contribution in [0, 0.1) is 5.92 Å². The zero-order chi connectivity index (χ0) is 16.5. The Kier molecular flexibility index (Phi) is 7.44. The van der Waals surface area contributed by atoms with E-state index in [9.17, 15) is 4.79 Å². The topological polar surface area (TPSA) is 35.5 Å². The molecule has 1 fully saturated rings. The normalized spacial score (nSPS) is 21.0. The molecule has 0 bridgehead atoms. The molecule has 0 saturated carbocycles. The highest BCUT2D eigenvalue weighted by Gasteiger charge is 2.30. The zero-order valence-electron chi connectivity index (χ0n) is 14.6. The molecule has 2 atom stereocenters. The number of esters is 1. The lowest BCUT2D eigenvalue weighted by atomic mass is 9.90. The average Bonchev–Trinajstić information content (AvgIpc) is 2.57. The fourth-order valence-corrected chi connectivity index (χ4v) is 3.20. The summed E-state index contributed by atoms with van der Waals surface area (Å²) in [5.74, 6) is 0.963. The molecule has 1 heterocycles. The molecule has 0 amide bonds. The van der Waals surface area contributed by atoms with Gasteiger partial charge >= 0.3 is 5.97 Å². The summed E-state index contributed by atoms with van der Waals surface area (Å²) in [5, 5.41) is 0. The van der Waals surface area contributed by atoms with Gasteiger partial charge in [-0.2, -0.15) is 0 Å². The number of benzene rings is 1. The van der Waals surface area contributed by atoms with Gasteiger partial charge in [-0.15, -0.1) is 0 Å². The molecule has 0 aliphatic carbocycles. The van der Waals surface area contributed by atoms with Gasteiger partial charge in [0.25, 0.3) is 0 Å². The van der Waals surface area contributed by atoms with Crippen molar-refractivity contribution in [2.75, 3.05) is 6.61 Å². The zero-order valence-corrected chi connectivity index (χ0v) is 14.6. The van der Waals surface area contributed by atoms with Crippen molar-refractivity contribution in [1.82, 2.24) is 0 Å². The van der Waals surface area contributed by atoms with Gasteiger partial charge in [-0.3, -0.25) is 4.79 Å². The highest BCUT2D eigenvalue weighted by atomic mass is 16.5. The number of carbonyl (C=O) groups excluding carboxylic acids is 1. The Hall–Kier alpha value is -1.51. The molecule has 2 rings (SSSR count). The van der Waals surface area contributed by atoms with Gasteiger partial charge in [-0.05, 0) is 43.9 Å². The van der Waals surface area contributed by atoms with Crippen molar-refractivity contribution in [1.29, 1.82) is 0 Å². The molecule has 0 spiro atoms. The maximum Gasteiger partial charge on any atom is 0.309 e. The van der Waals surface area contributed by atoms with E-state index >= 15 is 0 Å². The van der Waals surface area contributed by atoms with Crippen LogP contribution in [0.3, 0.4) is 0 Å². The smallest absolute Gasteiger partial charge is 0.309 e. The minimum Gasteiger partial charge on any atom is -0.494 e. The molecule has 0 radical (unpaired) electrons. The van der Waals surface area contributed by atoms with E-state index in [2.05, 4.69) is 6.92 Å². The van der Waals surface area contributed by atoms with Crippen molar-refractivity contribution in [3.05, 3.63) is 29.8 Å². The summed E-state index contributed by atoms with van der Waals surface area (Å²) in [6, 6.07) is 7.92. The van der Waals surface area contributed by atoms with E-state index in [1.54, 1.807) is 0 Å². The van der Waals surface area contributed by atoms with E-state index < -0.39 is 0 Å². The van der Waals surface area contributed by atoms with Crippen LogP contribution in [0.2, 0.25) is 0 Å². The summed E-state index contributed by atoms with van der Waals surface area (Å²) in [4.78, 5) is 12.2. The van der Waals surface area contributed by atoms with Gasteiger partial charge in [-0.25, -0.2) is 0 Å². The number of hydrogen-bond donors (Lipinski definition) is 0. The third-order valence-electron chi connectivity index (χ3n) is 4.59. The number of hydrogen-bond acceptors (Lipinski definition) is 3. The van der Waals surface area contributed by atoms with Gasteiger partial charge in [0.15, 0.2) is 0 Å². The fourth-order valence-electron chi connectivity index (χ4n) is 3.20. The molecular formula is C20H30O3. The van der Waals surface area contributed by atoms with Gasteiger partial charge in [0.2, 0.25) is 0 Å². The van der Waals surface area contributed by atoms with Crippen molar-refractivity contribution in [3.63, 3.8) is 0 Å². The molecule has 23 heavy (non-hydrogen) atoms. The molecular weight excluding hydrogens is 288 g/mol. The lowest BCUT2D eigenvalue weighted by Crippen LogP contribution is -2.26. The summed E-state index contributed by atoms with van der Waals surface area (Å²) >= 11 is 0. The Bertz CT molecular complexity index is 466. The third-order valence-corrected chi connectivity index (χ3v) is 4.59. The Labute approximate surface area is 140 Å². The second-order valence-electron chi connectivity index (χ2n) is 6.40. The first-order valence-electron chi connectivity index (χ1n) is 9.17. The standard InChI is InChI=1S/C20H30O3/c1-3-5-6-7-8-9-17-12-15-19(23-20(17)21)16-10-13-18(14-11-16)22-4-2/h10-11,13-14,17,19H,3-9,12,15H2,1-2H3.